The highest BCUT2D eigenvalue weighted by molar-refractivity contribution is 5.28. The van der Waals surface area contributed by atoms with Crippen LogP contribution in [0, 0.1) is 11.3 Å². The summed E-state index contributed by atoms with van der Waals surface area (Å²) in [5.41, 5.74) is 2.96. The Kier molecular flexibility index (Phi) is 3.82. The Bertz CT molecular complexity index is 446. The second-order valence-corrected chi connectivity index (χ2v) is 5.69. The molecule has 1 aromatic rings. The number of hydrogen-bond acceptors (Lipinski definition) is 3. The van der Waals surface area contributed by atoms with E-state index in [-0.39, 0.29) is 6.04 Å². The minimum Gasteiger partial charge on any atom is -0.300 e. The maximum atomic E-state index is 9.24. The van der Waals surface area contributed by atoms with E-state index >= 15 is 0 Å². The fourth-order valence-corrected chi connectivity index (χ4v) is 2.82. The molecule has 1 heterocycles. The van der Waals surface area contributed by atoms with Crippen LogP contribution in [0.2, 0.25) is 0 Å². The van der Waals surface area contributed by atoms with E-state index in [4.69, 9.17) is 0 Å². The van der Waals surface area contributed by atoms with Gasteiger partial charge in [-0.05, 0) is 36.8 Å². The first-order chi connectivity index (χ1) is 9.35. The van der Waals surface area contributed by atoms with Crippen molar-refractivity contribution in [3.05, 3.63) is 35.4 Å². The summed E-state index contributed by atoms with van der Waals surface area (Å²) < 4.78 is 0. The standard InChI is InChI=1S/C16H21N3/c17-11-16(18-15-5-6-15)12-19-9-7-13-3-1-2-4-14(13)8-10-19/h1-4,15-16,18H,5-10,12H2. The Hall–Kier alpha value is -1.37. The molecule has 0 radical (unpaired) electrons. The lowest BCUT2D eigenvalue weighted by Gasteiger charge is -2.23. The number of rotatable bonds is 4. The molecule has 1 aromatic carbocycles. The number of nitrogens with one attached hydrogen (secondary N) is 1. The van der Waals surface area contributed by atoms with E-state index in [0.717, 1.165) is 32.5 Å². The summed E-state index contributed by atoms with van der Waals surface area (Å²) in [5.74, 6) is 0. The first-order valence-corrected chi connectivity index (χ1v) is 7.30. The van der Waals surface area contributed by atoms with Crippen molar-refractivity contribution in [2.45, 2.75) is 37.8 Å². The molecular formula is C16H21N3. The van der Waals surface area contributed by atoms with Crippen LogP contribution < -0.4 is 5.32 Å². The van der Waals surface area contributed by atoms with Gasteiger partial charge < -0.3 is 4.90 Å². The van der Waals surface area contributed by atoms with Gasteiger partial charge in [0.2, 0.25) is 0 Å². The average Bonchev–Trinajstić information content (AvgIpc) is 3.26. The van der Waals surface area contributed by atoms with Crippen LogP contribution in [0.3, 0.4) is 0 Å². The fraction of sp³-hybridized carbons (Fsp3) is 0.562. The molecule has 0 amide bonds. The maximum absolute atomic E-state index is 9.24. The molecule has 100 valence electrons. The van der Waals surface area contributed by atoms with Gasteiger partial charge in [-0.15, -0.1) is 0 Å². The van der Waals surface area contributed by atoms with Crippen molar-refractivity contribution >= 4 is 0 Å². The predicted molar refractivity (Wildman–Crippen MR) is 75.8 cm³/mol. The highest BCUT2D eigenvalue weighted by atomic mass is 15.2. The van der Waals surface area contributed by atoms with Gasteiger partial charge in [-0.2, -0.15) is 5.26 Å². The van der Waals surface area contributed by atoms with Crippen LogP contribution in [-0.4, -0.2) is 36.6 Å². The lowest BCUT2D eigenvalue weighted by molar-refractivity contribution is 0.268. The Morgan fingerprint density at radius 3 is 2.37 bits per heavy atom. The molecule has 0 bridgehead atoms. The third-order valence-corrected chi connectivity index (χ3v) is 4.12. The van der Waals surface area contributed by atoms with Crippen molar-refractivity contribution in [1.82, 2.24) is 10.2 Å². The molecule has 1 aliphatic heterocycles. The normalized spacial score (nSPS) is 21.2. The van der Waals surface area contributed by atoms with Crippen LogP contribution >= 0.6 is 0 Å². The molecule has 1 aliphatic carbocycles. The van der Waals surface area contributed by atoms with E-state index in [2.05, 4.69) is 40.6 Å². The third kappa shape index (κ3) is 3.34. The SMILES string of the molecule is N#CC(CN1CCc2ccccc2CC1)NC1CC1. The van der Waals surface area contributed by atoms with E-state index < -0.39 is 0 Å². The van der Waals surface area contributed by atoms with E-state index in [1.165, 1.54) is 24.0 Å². The molecule has 2 aliphatic rings. The van der Waals surface area contributed by atoms with Crippen LogP contribution in [0.5, 0.6) is 0 Å². The fourth-order valence-electron chi connectivity index (χ4n) is 2.82. The first-order valence-electron chi connectivity index (χ1n) is 7.30. The zero-order chi connectivity index (χ0) is 13.1. The van der Waals surface area contributed by atoms with Gasteiger partial charge in [0.05, 0.1) is 6.07 Å². The number of nitriles is 1. The summed E-state index contributed by atoms with van der Waals surface area (Å²) in [6, 6.07) is 11.7. The second-order valence-electron chi connectivity index (χ2n) is 5.69. The monoisotopic (exact) mass is 255 g/mol. The number of nitrogens with zero attached hydrogens (tertiary/aromatic N) is 2. The minimum absolute atomic E-state index is 0.00582. The summed E-state index contributed by atoms with van der Waals surface area (Å²) in [5, 5.41) is 12.7. The van der Waals surface area contributed by atoms with E-state index in [9.17, 15) is 5.26 Å². The Balaban J connectivity index is 1.57. The minimum atomic E-state index is -0.00582. The quantitative estimate of drug-likeness (QED) is 0.890. The smallest absolute Gasteiger partial charge is 0.108 e. The number of fused-ring (bicyclic) bond motifs is 1. The van der Waals surface area contributed by atoms with Gasteiger partial charge in [-0.1, -0.05) is 24.3 Å². The summed E-state index contributed by atoms with van der Waals surface area (Å²) >= 11 is 0. The van der Waals surface area contributed by atoms with Gasteiger partial charge in [-0.3, -0.25) is 5.32 Å². The molecule has 1 unspecified atom stereocenters. The third-order valence-electron chi connectivity index (χ3n) is 4.12. The zero-order valence-corrected chi connectivity index (χ0v) is 11.3. The first kappa shape index (κ1) is 12.7. The van der Waals surface area contributed by atoms with Crippen LogP contribution in [0.15, 0.2) is 24.3 Å². The molecular weight excluding hydrogens is 234 g/mol. The van der Waals surface area contributed by atoms with Crippen molar-refractivity contribution in [3.63, 3.8) is 0 Å². The highest BCUT2D eigenvalue weighted by Gasteiger charge is 2.26. The van der Waals surface area contributed by atoms with Crippen LogP contribution in [-0.2, 0) is 12.8 Å². The molecule has 1 fully saturated rings. The van der Waals surface area contributed by atoms with Crippen molar-refractivity contribution in [1.29, 1.82) is 5.26 Å². The van der Waals surface area contributed by atoms with Crippen molar-refractivity contribution in [2.75, 3.05) is 19.6 Å². The molecule has 0 spiro atoms. The molecule has 1 saturated carbocycles. The highest BCUT2D eigenvalue weighted by Crippen LogP contribution is 2.20. The van der Waals surface area contributed by atoms with Crippen molar-refractivity contribution in [3.8, 4) is 6.07 Å². The topological polar surface area (TPSA) is 39.1 Å². The number of hydrogen-bond donors (Lipinski definition) is 1. The molecule has 1 N–H and O–H groups in total. The van der Waals surface area contributed by atoms with Crippen LogP contribution in [0.1, 0.15) is 24.0 Å². The van der Waals surface area contributed by atoms with Gasteiger partial charge in [0.25, 0.3) is 0 Å². The number of benzene rings is 1. The lowest BCUT2D eigenvalue weighted by atomic mass is 10.0. The summed E-state index contributed by atoms with van der Waals surface area (Å²) in [6.45, 7) is 3.00. The summed E-state index contributed by atoms with van der Waals surface area (Å²) in [7, 11) is 0. The molecule has 0 aromatic heterocycles. The Labute approximate surface area is 115 Å². The predicted octanol–water partition coefficient (Wildman–Crippen LogP) is 1.73. The Morgan fingerprint density at radius 2 is 1.84 bits per heavy atom. The molecule has 1 atom stereocenters. The average molecular weight is 255 g/mol. The maximum Gasteiger partial charge on any atom is 0.108 e. The van der Waals surface area contributed by atoms with E-state index in [1.54, 1.807) is 0 Å². The van der Waals surface area contributed by atoms with Gasteiger partial charge in [0, 0.05) is 25.7 Å². The van der Waals surface area contributed by atoms with Crippen molar-refractivity contribution < 1.29 is 0 Å². The van der Waals surface area contributed by atoms with E-state index in [0.29, 0.717) is 6.04 Å². The van der Waals surface area contributed by atoms with E-state index in [1.807, 2.05) is 0 Å². The van der Waals surface area contributed by atoms with Gasteiger partial charge in [0.15, 0.2) is 0 Å². The van der Waals surface area contributed by atoms with Gasteiger partial charge in [0.1, 0.15) is 6.04 Å². The summed E-state index contributed by atoms with van der Waals surface area (Å²) in [4.78, 5) is 2.43. The lowest BCUT2D eigenvalue weighted by Crippen LogP contribution is -2.42. The Morgan fingerprint density at radius 1 is 1.21 bits per heavy atom. The van der Waals surface area contributed by atoms with Crippen LogP contribution in [0.25, 0.3) is 0 Å². The molecule has 19 heavy (non-hydrogen) atoms. The zero-order valence-electron chi connectivity index (χ0n) is 11.3. The summed E-state index contributed by atoms with van der Waals surface area (Å²) in [6.07, 6.45) is 4.70. The van der Waals surface area contributed by atoms with Gasteiger partial charge in [-0.25, -0.2) is 0 Å². The second kappa shape index (κ2) is 5.73. The molecule has 0 saturated heterocycles. The van der Waals surface area contributed by atoms with Crippen molar-refractivity contribution in [2.24, 2.45) is 0 Å². The van der Waals surface area contributed by atoms with Crippen LogP contribution in [0.4, 0.5) is 0 Å². The molecule has 3 rings (SSSR count). The largest absolute Gasteiger partial charge is 0.300 e. The van der Waals surface area contributed by atoms with Gasteiger partial charge >= 0.3 is 0 Å². The molecule has 3 nitrogen and oxygen atoms in total. The molecule has 3 heteroatoms.